The van der Waals surface area contributed by atoms with Crippen LogP contribution in [0.15, 0.2) is 18.2 Å². The average molecular weight is 300 g/mol. The topological polar surface area (TPSA) is 38.3 Å². The average Bonchev–Trinajstić information content (AvgIpc) is 2.47. The van der Waals surface area contributed by atoms with E-state index >= 15 is 0 Å². The lowest BCUT2D eigenvalue weighted by molar-refractivity contribution is 0.0299. The second kappa shape index (κ2) is 7.60. The van der Waals surface area contributed by atoms with E-state index in [-0.39, 0.29) is 5.56 Å². The van der Waals surface area contributed by atoms with Gasteiger partial charge in [0.05, 0.1) is 18.3 Å². The predicted molar refractivity (Wildman–Crippen MR) is 76.6 cm³/mol. The van der Waals surface area contributed by atoms with Gasteiger partial charge in [0.25, 0.3) is 5.91 Å². The van der Waals surface area contributed by atoms with E-state index in [0.717, 1.165) is 12.8 Å². The highest BCUT2D eigenvalue weighted by Crippen LogP contribution is 2.20. The van der Waals surface area contributed by atoms with Crippen LogP contribution in [0.4, 0.5) is 4.39 Å². The third-order valence-electron chi connectivity index (χ3n) is 3.47. The number of benzene rings is 1. The molecule has 0 aliphatic heterocycles. The molecule has 0 bridgehead atoms. The van der Waals surface area contributed by atoms with E-state index in [0.29, 0.717) is 24.3 Å². The molecule has 1 fully saturated rings. The maximum absolute atomic E-state index is 13.5. The van der Waals surface area contributed by atoms with Gasteiger partial charge in [0, 0.05) is 11.6 Å². The fourth-order valence-electron chi connectivity index (χ4n) is 2.39. The summed E-state index contributed by atoms with van der Waals surface area (Å²) < 4.78 is 19.2. The van der Waals surface area contributed by atoms with Crippen LogP contribution in [0, 0.1) is 5.82 Å². The summed E-state index contributed by atoms with van der Waals surface area (Å²) in [7, 11) is 0. The molecule has 1 aliphatic carbocycles. The highest BCUT2D eigenvalue weighted by molar-refractivity contribution is 6.30. The molecule has 1 N–H and O–H groups in total. The fraction of sp³-hybridized carbons (Fsp3) is 0.533. The summed E-state index contributed by atoms with van der Waals surface area (Å²) in [4.78, 5) is 11.8. The Labute approximate surface area is 123 Å². The summed E-state index contributed by atoms with van der Waals surface area (Å²) in [6.45, 7) is 0.833. The van der Waals surface area contributed by atoms with Gasteiger partial charge in [0.15, 0.2) is 0 Å². The van der Waals surface area contributed by atoms with Gasteiger partial charge in [0.1, 0.15) is 5.82 Å². The summed E-state index contributed by atoms with van der Waals surface area (Å²) >= 11 is 5.75. The van der Waals surface area contributed by atoms with Gasteiger partial charge >= 0.3 is 0 Å². The highest BCUT2D eigenvalue weighted by atomic mass is 35.5. The Morgan fingerprint density at radius 3 is 2.85 bits per heavy atom. The smallest absolute Gasteiger partial charge is 0.254 e. The quantitative estimate of drug-likeness (QED) is 0.844. The lowest BCUT2D eigenvalue weighted by Crippen LogP contribution is -2.30. The molecular formula is C15H19ClFNO2. The van der Waals surface area contributed by atoms with Crippen molar-refractivity contribution in [3.8, 4) is 0 Å². The molecular weight excluding hydrogens is 281 g/mol. The Hall–Kier alpha value is -1.13. The summed E-state index contributed by atoms with van der Waals surface area (Å²) in [5.74, 6) is -1.03. The molecule has 0 heterocycles. The van der Waals surface area contributed by atoms with Gasteiger partial charge in [-0.05, 0) is 31.0 Å². The number of hydrogen-bond acceptors (Lipinski definition) is 2. The molecule has 1 amide bonds. The van der Waals surface area contributed by atoms with E-state index in [1.807, 2.05) is 0 Å². The molecule has 3 nitrogen and oxygen atoms in total. The number of hydrogen-bond donors (Lipinski definition) is 1. The van der Waals surface area contributed by atoms with Crippen LogP contribution >= 0.6 is 11.6 Å². The van der Waals surface area contributed by atoms with Crippen molar-refractivity contribution >= 4 is 17.5 Å². The van der Waals surface area contributed by atoms with Crippen LogP contribution in [0.2, 0.25) is 5.02 Å². The Morgan fingerprint density at radius 2 is 2.10 bits per heavy atom. The predicted octanol–water partition coefficient (Wildman–Crippen LogP) is 3.56. The maximum Gasteiger partial charge on any atom is 0.254 e. The minimum atomic E-state index is -0.569. The maximum atomic E-state index is 13.5. The lowest BCUT2D eigenvalue weighted by Gasteiger charge is -2.22. The van der Waals surface area contributed by atoms with Crippen LogP contribution in [0.25, 0.3) is 0 Å². The van der Waals surface area contributed by atoms with E-state index in [1.165, 1.54) is 37.5 Å². The number of halogens is 2. The van der Waals surface area contributed by atoms with Crippen LogP contribution in [0.3, 0.4) is 0 Å². The zero-order valence-corrected chi connectivity index (χ0v) is 12.1. The standard InChI is InChI=1S/C15H19ClFNO2/c16-11-6-7-14(17)13(10-11)15(19)18-8-9-20-12-4-2-1-3-5-12/h6-7,10,12H,1-5,8-9H2,(H,18,19). The monoisotopic (exact) mass is 299 g/mol. The highest BCUT2D eigenvalue weighted by Gasteiger charge is 2.14. The number of rotatable bonds is 5. The van der Waals surface area contributed by atoms with Gasteiger partial charge in [-0.15, -0.1) is 0 Å². The first kappa shape index (κ1) is 15.3. The minimum absolute atomic E-state index is 0.0323. The van der Waals surface area contributed by atoms with E-state index in [9.17, 15) is 9.18 Å². The van der Waals surface area contributed by atoms with E-state index in [2.05, 4.69) is 5.32 Å². The molecule has 0 atom stereocenters. The molecule has 0 saturated heterocycles. The van der Waals surface area contributed by atoms with Gasteiger partial charge in [-0.25, -0.2) is 4.39 Å². The van der Waals surface area contributed by atoms with Crippen molar-refractivity contribution in [1.29, 1.82) is 0 Å². The third-order valence-corrected chi connectivity index (χ3v) is 3.70. The molecule has 5 heteroatoms. The Bertz CT molecular complexity index is 461. The molecule has 0 radical (unpaired) electrons. The van der Waals surface area contributed by atoms with Crippen molar-refractivity contribution in [2.45, 2.75) is 38.2 Å². The number of carbonyl (C=O) groups excluding carboxylic acids is 1. The summed E-state index contributed by atoms with van der Waals surface area (Å²) in [5, 5.41) is 2.99. The molecule has 1 aliphatic rings. The van der Waals surface area contributed by atoms with E-state index in [1.54, 1.807) is 0 Å². The van der Waals surface area contributed by atoms with Crippen LogP contribution in [-0.4, -0.2) is 25.2 Å². The van der Waals surface area contributed by atoms with Crippen LogP contribution in [-0.2, 0) is 4.74 Å². The summed E-state index contributed by atoms with van der Waals surface area (Å²) in [6.07, 6.45) is 6.21. The second-order valence-corrected chi connectivity index (χ2v) is 5.45. The molecule has 1 aromatic carbocycles. The van der Waals surface area contributed by atoms with Gasteiger partial charge in [-0.2, -0.15) is 0 Å². The molecule has 1 saturated carbocycles. The van der Waals surface area contributed by atoms with Crippen molar-refractivity contribution in [1.82, 2.24) is 5.32 Å². The summed E-state index contributed by atoms with van der Waals surface area (Å²) in [6, 6.07) is 3.93. The minimum Gasteiger partial charge on any atom is -0.376 e. The Kier molecular flexibility index (Phi) is 5.80. The SMILES string of the molecule is O=C(NCCOC1CCCCC1)c1cc(Cl)ccc1F. The molecule has 0 aromatic heterocycles. The fourth-order valence-corrected chi connectivity index (χ4v) is 2.56. The van der Waals surface area contributed by atoms with Crippen LogP contribution in [0.5, 0.6) is 0 Å². The van der Waals surface area contributed by atoms with Crippen molar-refractivity contribution in [2.24, 2.45) is 0 Å². The number of ether oxygens (including phenoxy) is 1. The summed E-state index contributed by atoms with van der Waals surface area (Å²) in [5.41, 5.74) is -0.0323. The molecule has 110 valence electrons. The second-order valence-electron chi connectivity index (χ2n) is 5.01. The first-order valence-electron chi connectivity index (χ1n) is 7.01. The van der Waals surface area contributed by atoms with Crippen LogP contribution < -0.4 is 5.32 Å². The Balaban J connectivity index is 1.73. The number of nitrogens with one attached hydrogen (secondary N) is 1. The zero-order valence-electron chi connectivity index (χ0n) is 11.3. The Morgan fingerprint density at radius 1 is 1.35 bits per heavy atom. The van der Waals surface area contributed by atoms with Crippen LogP contribution in [0.1, 0.15) is 42.5 Å². The van der Waals surface area contributed by atoms with Gasteiger partial charge in [-0.1, -0.05) is 30.9 Å². The van der Waals surface area contributed by atoms with Gasteiger partial charge in [0.2, 0.25) is 0 Å². The number of carbonyl (C=O) groups is 1. The first-order chi connectivity index (χ1) is 9.66. The third kappa shape index (κ3) is 4.46. The van der Waals surface area contributed by atoms with Crippen molar-refractivity contribution in [3.05, 3.63) is 34.6 Å². The number of amides is 1. The zero-order chi connectivity index (χ0) is 14.4. The molecule has 0 unspecified atom stereocenters. The first-order valence-corrected chi connectivity index (χ1v) is 7.39. The molecule has 20 heavy (non-hydrogen) atoms. The molecule has 0 spiro atoms. The largest absolute Gasteiger partial charge is 0.376 e. The van der Waals surface area contributed by atoms with E-state index in [4.69, 9.17) is 16.3 Å². The normalized spacial score (nSPS) is 16.1. The van der Waals surface area contributed by atoms with Crippen molar-refractivity contribution < 1.29 is 13.9 Å². The van der Waals surface area contributed by atoms with E-state index < -0.39 is 11.7 Å². The van der Waals surface area contributed by atoms with Gasteiger partial charge in [-0.3, -0.25) is 4.79 Å². The molecule has 2 rings (SSSR count). The lowest BCUT2D eigenvalue weighted by atomic mass is 9.98. The molecule has 1 aromatic rings. The van der Waals surface area contributed by atoms with Crippen molar-refractivity contribution in [2.75, 3.05) is 13.2 Å². The van der Waals surface area contributed by atoms with Crippen molar-refractivity contribution in [3.63, 3.8) is 0 Å². The van der Waals surface area contributed by atoms with Gasteiger partial charge < -0.3 is 10.1 Å².